The lowest BCUT2D eigenvalue weighted by Crippen LogP contribution is -2.29. The van der Waals surface area contributed by atoms with E-state index in [9.17, 15) is 9.59 Å². The van der Waals surface area contributed by atoms with Gasteiger partial charge in [0.1, 0.15) is 12.4 Å². The highest BCUT2D eigenvalue weighted by Gasteiger charge is 2.12. The van der Waals surface area contributed by atoms with Crippen LogP contribution in [0.25, 0.3) is 0 Å². The third-order valence-electron chi connectivity index (χ3n) is 8.33. The number of allylic oxidation sites excluding steroid dienone is 2. The summed E-state index contributed by atoms with van der Waals surface area (Å²) in [4.78, 5) is 25.5. The van der Waals surface area contributed by atoms with E-state index in [0.29, 0.717) is 26.1 Å². The second-order valence-electron chi connectivity index (χ2n) is 12.5. The zero-order valence-electron chi connectivity index (χ0n) is 30.1. The number of aldehydes is 1. The van der Waals surface area contributed by atoms with Crippen molar-refractivity contribution in [2.24, 2.45) is 0 Å². The highest BCUT2D eigenvalue weighted by Crippen LogP contribution is 2.15. The first kappa shape index (κ1) is 44.6. The van der Waals surface area contributed by atoms with Crippen molar-refractivity contribution in [3.63, 3.8) is 0 Å². The van der Waals surface area contributed by atoms with Crippen LogP contribution in [-0.4, -0.2) is 68.4 Å². The Labute approximate surface area is 289 Å². The van der Waals surface area contributed by atoms with Crippen molar-refractivity contribution in [1.82, 2.24) is 9.62 Å². The molecule has 0 fully saturated rings. The molecule has 0 aromatic rings. The molecule has 0 aromatic heterocycles. The van der Waals surface area contributed by atoms with Crippen molar-refractivity contribution in [3.05, 3.63) is 37.0 Å². The van der Waals surface area contributed by atoms with E-state index in [2.05, 4.69) is 36.6 Å². The van der Waals surface area contributed by atoms with Crippen LogP contribution in [0.3, 0.4) is 0 Å². The lowest BCUT2D eigenvalue weighted by molar-refractivity contribution is -0.149. The maximum Gasteiger partial charge on any atom is 0.306 e. The van der Waals surface area contributed by atoms with Crippen LogP contribution in [0.15, 0.2) is 37.0 Å². The molecule has 1 atom stereocenters. The molecule has 0 aliphatic carbocycles. The molecule has 46 heavy (non-hydrogen) atoms. The van der Waals surface area contributed by atoms with Crippen LogP contribution in [0.1, 0.15) is 149 Å². The molecule has 0 saturated heterocycles. The van der Waals surface area contributed by atoms with Gasteiger partial charge in [-0.05, 0) is 76.6 Å². The van der Waals surface area contributed by atoms with Crippen molar-refractivity contribution in [2.75, 3.05) is 45.1 Å². The molecule has 0 aromatic carbocycles. The van der Waals surface area contributed by atoms with Crippen LogP contribution >= 0.6 is 11.9 Å². The minimum absolute atomic E-state index is 0.00281. The molecule has 0 radical (unpaired) electrons. The zero-order valence-corrected chi connectivity index (χ0v) is 30.9. The lowest BCUT2D eigenvalue weighted by atomic mass is 10.1. The number of nitrogens with zero attached hydrogens (tertiary/aromatic N) is 1. The molecule has 0 spiro atoms. The van der Waals surface area contributed by atoms with E-state index in [0.717, 1.165) is 88.7 Å². The number of nitrogens with one attached hydrogen (secondary N) is 1. The molecule has 0 aliphatic heterocycles. The number of carbonyl (C=O) groups is 2. The quantitative estimate of drug-likeness (QED) is 0.0233. The number of hydrogen-bond donors (Lipinski definition) is 1. The monoisotopic (exact) mass is 665 g/mol. The number of hydrogen-bond acceptors (Lipinski definition) is 7. The average Bonchev–Trinajstić information content (AvgIpc) is 3.06. The predicted octanol–water partition coefficient (Wildman–Crippen LogP) is 10.2. The van der Waals surface area contributed by atoms with E-state index in [1.54, 1.807) is 18.0 Å². The first-order valence-electron chi connectivity index (χ1n) is 18.8. The Hall–Kier alpha value is -1.41. The van der Waals surface area contributed by atoms with Gasteiger partial charge < -0.3 is 19.2 Å². The Balaban J connectivity index is 4.13. The molecule has 7 heteroatoms. The summed E-state index contributed by atoms with van der Waals surface area (Å²) in [7, 11) is 0. The summed E-state index contributed by atoms with van der Waals surface area (Å²) in [6.07, 6.45) is 30.2. The number of esters is 1. The number of ether oxygens (including phenoxy) is 2. The molecule has 6 nitrogen and oxygen atoms in total. The van der Waals surface area contributed by atoms with E-state index < -0.39 is 0 Å². The zero-order chi connectivity index (χ0) is 33.8. The van der Waals surface area contributed by atoms with Gasteiger partial charge in [-0.3, -0.25) is 9.52 Å². The minimum Gasteiger partial charge on any atom is -0.462 e. The second-order valence-corrected chi connectivity index (χ2v) is 13.5. The molecular formula is C39H72N2O4S. The molecule has 0 heterocycles. The SMILES string of the molecule is C=C/C=C(\C=C)COCCSNCCCN(CCCCCCCC=O)CCCCCCCC(=O)OC(CC)CCCCCCCC. The highest BCUT2D eigenvalue weighted by molar-refractivity contribution is 7.97. The van der Waals surface area contributed by atoms with E-state index in [1.165, 1.54) is 77.0 Å². The van der Waals surface area contributed by atoms with Crippen molar-refractivity contribution in [2.45, 2.75) is 155 Å². The fourth-order valence-corrected chi connectivity index (χ4v) is 6.08. The summed E-state index contributed by atoms with van der Waals surface area (Å²) in [5, 5.41) is 0. The van der Waals surface area contributed by atoms with E-state index in [-0.39, 0.29) is 12.1 Å². The van der Waals surface area contributed by atoms with Gasteiger partial charge in [-0.1, -0.05) is 128 Å². The maximum atomic E-state index is 12.4. The molecule has 268 valence electrons. The Morgan fingerprint density at radius 1 is 0.826 bits per heavy atom. The summed E-state index contributed by atoms with van der Waals surface area (Å²) >= 11 is 1.73. The Bertz CT molecular complexity index is 746. The van der Waals surface area contributed by atoms with Gasteiger partial charge in [0, 0.05) is 25.1 Å². The van der Waals surface area contributed by atoms with Gasteiger partial charge in [-0.15, -0.1) is 0 Å². The Kier molecular flexibility index (Phi) is 35.3. The molecule has 1 unspecified atom stereocenters. The molecule has 1 N–H and O–H groups in total. The van der Waals surface area contributed by atoms with Gasteiger partial charge in [-0.25, -0.2) is 0 Å². The van der Waals surface area contributed by atoms with E-state index in [4.69, 9.17) is 9.47 Å². The summed E-state index contributed by atoms with van der Waals surface area (Å²) in [6.45, 7) is 17.6. The van der Waals surface area contributed by atoms with Crippen molar-refractivity contribution < 1.29 is 19.1 Å². The van der Waals surface area contributed by atoms with Crippen LogP contribution in [0.5, 0.6) is 0 Å². The van der Waals surface area contributed by atoms with Gasteiger partial charge in [0.05, 0.1) is 13.2 Å². The fraction of sp³-hybridized carbons (Fsp3) is 0.795. The number of unbranched alkanes of at least 4 members (excludes halogenated alkanes) is 14. The van der Waals surface area contributed by atoms with Crippen molar-refractivity contribution in [1.29, 1.82) is 0 Å². The van der Waals surface area contributed by atoms with E-state index >= 15 is 0 Å². The first-order chi connectivity index (χ1) is 22.6. The normalized spacial score (nSPS) is 12.4. The third kappa shape index (κ3) is 31.2. The molecule has 0 bridgehead atoms. The van der Waals surface area contributed by atoms with Gasteiger partial charge >= 0.3 is 5.97 Å². The molecule has 0 aliphatic rings. The van der Waals surface area contributed by atoms with Crippen LogP contribution in [0.4, 0.5) is 0 Å². The fourth-order valence-electron chi connectivity index (χ4n) is 5.44. The molecular weight excluding hydrogens is 593 g/mol. The van der Waals surface area contributed by atoms with Crippen molar-refractivity contribution in [3.8, 4) is 0 Å². The summed E-state index contributed by atoms with van der Waals surface area (Å²) in [6, 6.07) is 0. The average molecular weight is 665 g/mol. The summed E-state index contributed by atoms with van der Waals surface area (Å²) in [5.74, 6) is 0.916. The summed E-state index contributed by atoms with van der Waals surface area (Å²) < 4.78 is 15.0. The smallest absolute Gasteiger partial charge is 0.306 e. The molecule has 0 rings (SSSR count). The van der Waals surface area contributed by atoms with Crippen LogP contribution < -0.4 is 4.72 Å². The second kappa shape index (κ2) is 36.4. The van der Waals surface area contributed by atoms with Gasteiger partial charge in [0.15, 0.2) is 0 Å². The van der Waals surface area contributed by atoms with Crippen LogP contribution in [0.2, 0.25) is 0 Å². The van der Waals surface area contributed by atoms with Crippen LogP contribution in [-0.2, 0) is 19.1 Å². The van der Waals surface area contributed by atoms with Gasteiger partial charge in [-0.2, -0.15) is 0 Å². The predicted molar refractivity (Wildman–Crippen MR) is 200 cm³/mol. The van der Waals surface area contributed by atoms with Crippen molar-refractivity contribution >= 4 is 24.2 Å². The van der Waals surface area contributed by atoms with Crippen LogP contribution in [0, 0.1) is 0 Å². The summed E-state index contributed by atoms with van der Waals surface area (Å²) in [5.41, 5.74) is 1.05. The van der Waals surface area contributed by atoms with Gasteiger partial charge in [0.25, 0.3) is 0 Å². The van der Waals surface area contributed by atoms with E-state index in [1.807, 2.05) is 12.2 Å². The molecule has 0 amide bonds. The number of rotatable bonds is 37. The topological polar surface area (TPSA) is 67.9 Å². The maximum absolute atomic E-state index is 12.4. The standard InChI is InChI=1S/C39H72N2O4S/c1-5-9-10-11-15-20-27-38(8-4)45-39(43)28-21-16-14-18-23-31-41(30-22-17-12-13-19-24-33-42)32-25-29-40-46-35-34-44-36-37(7-3)26-6-2/h6-7,26,33,38,40H,2-3,5,8-25,27-32,34-36H2,1,4H3/b37-26+. The Morgan fingerprint density at radius 2 is 1.46 bits per heavy atom. The molecule has 0 saturated carbocycles. The Morgan fingerprint density at radius 3 is 2.11 bits per heavy atom. The number of carbonyl (C=O) groups excluding carboxylic acids is 2. The first-order valence-corrected chi connectivity index (χ1v) is 19.8. The highest BCUT2D eigenvalue weighted by atomic mass is 32.2. The minimum atomic E-state index is -0.00281. The largest absolute Gasteiger partial charge is 0.462 e. The third-order valence-corrected chi connectivity index (χ3v) is 9.11. The van der Waals surface area contributed by atoms with Gasteiger partial charge in [0.2, 0.25) is 0 Å². The lowest BCUT2D eigenvalue weighted by Gasteiger charge is -2.22.